The summed E-state index contributed by atoms with van der Waals surface area (Å²) in [6, 6.07) is 7.17. The van der Waals surface area contributed by atoms with E-state index in [2.05, 4.69) is 15.3 Å². The SMILES string of the molecule is Cc1ccc(C(=O)Nc2nc(-c3cccnc3)cs2)c(O)c1C. The maximum absolute atomic E-state index is 12.3. The summed E-state index contributed by atoms with van der Waals surface area (Å²) >= 11 is 1.33. The lowest BCUT2D eigenvalue weighted by molar-refractivity contribution is 0.102. The molecular weight excluding hydrogens is 310 g/mol. The molecule has 5 nitrogen and oxygen atoms in total. The lowest BCUT2D eigenvalue weighted by atomic mass is 10.0. The van der Waals surface area contributed by atoms with E-state index in [0.29, 0.717) is 10.7 Å². The second-order valence-corrected chi connectivity index (χ2v) is 6.00. The number of nitrogens with one attached hydrogen (secondary N) is 1. The molecule has 1 aromatic carbocycles. The number of aryl methyl sites for hydroxylation is 1. The number of aromatic hydroxyl groups is 1. The summed E-state index contributed by atoms with van der Waals surface area (Å²) in [5, 5.41) is 15.2. The molecule has 0 spiro atoms. The van der Waals surface area contributed by atoms with E-state index >= 15 is 0 Å². The number of thiazole rings is 1. The largest absolute Gasteiger partial charge is 0.507 e. The van der Waals surface area contributed by atoms with Crippen LogP contribution in [-0.2, 0) is 0 Å². The highest BCUT2D eigenvalue weighted by atomic mass is 32.1. The fraction of sp³-hybridized carbons (Fsp3) is 0.118. The van der Waals surface area contributed by atoms with E-state index < -0.39 is 0 Å². The smallest absolute Gasteiger partial charge is 0.261 e. The first kappa shape index (κ1) is 15.2. The zero-order valence-corrected chi connectivity index (χ0v) is 13.5. The lowest BCUT2D eigenvalue weighted by Gasteiger charge is -2.08. The first-order chi connectivity index (χ1) is 11.1. The van der Waals surface area contributed by atoms with E-state index in [1.54, 1.807) is 25.4 Å². The fourth-order valence-electron chi connectivity index (χ4n) is 2.13. The molecule has 2 N–H and O–H groups in total. The van der Waals surface area contributed by atoms with Crippen molar-refractivity contribution < 1.29 is 9.90 Å². The summed E-state index contributed by atoms with van der Waals surface area (Å²) in [6.45, 7) is 3.67. The number of aromatic nitrogens is 2. The molecule has 23 heavy (non-hydrogen) atoms. The van der Waals surface area contributed by atoms with Gasteiger partial charge in [0.15, 0.2) is 5.13 Å². The van der Waals surface area contributed by atoms with Crippen molar-refractivity contribution in [1.82, 2.24) is 9.97 Å². The van der Waals surface area contributed by atoms with Gasteiger partial charge in [0.2, 0.25) is 0 Å². The van der Waals surface area contributed by atoms with Crippen molar-refractivity contribution in [1.29, 1.82) is 0 Å². The van der Waals surface area contributed by atoms with Gasteiger partial charge in [-0.3, -0.25) is 15.1 Å². The van der Waals surface area contributed by atoms with Crippen LogP contribution < -0.4 is 5.32 Å². The van der Waals surface area contributed by atoms with Crippen molar-refractivity contribution in [2.24, 2.45) is 0 Å². The highest BCUT2D eigenvalue weighted by Crippen LogP contribution is 2.28. The molecule has 0 aliphatic carbocycles. The third-order valence-corrected chi connectivity index (χ3v) is 4.39. The first-order valence-electron chi connectivity index (χ1n) is 7.02. The molecule has 1 amide bonds. The van der Waals surface area contributed by atoms with Gasteiger partial charge in [0.25, 0.3) is 5.91 Å². The van der Waals surface area contributed by atoms with Crippen molar-refractivity contribution in [3.63, 3.8) is 0 Å². The summed E-state index contributed by atoms with van der Waals surface area (Å²) in [6.07, 6.45) is 3.41. The fourth-order valence-corrected chi connectivity index (χ4v) is 2.84. The molecule has 3 aromatic rings. The van der Waals surface area contributed by atoms with Crippen LogP contribution in [-0.4, -0.2) is 21.0 Å². The predicted molar refractivity (Wildman–Crippen MR) is 90.9 cm³/mol. The second-order valence-electron chi connectivity index (χ2n) is 5.14. The molecule has 2 aromatic heterocycles. The maximum Gasteiger partial charge on any atom is 0.261 e. The van der Waals surface area contributed by atoms with Crippen molar-refractivity contribution in [2.45, 2.75) is 13.8 Å². The van der Waals surface area contributed by atoms with Crippen LogP contribution in [0.1, 0.15) is 21.5 Å². The molecule has 0 unspecified atom stereocenters. The lowest BCUT2D eigenvalue weighted by Crippen LogP contribution is -2.12. The molecule has 0 bridgehead atoms. The Hall–Kier alpha value is -2.73. The third kappa shape index (κ3) is 3.07. The molecule has 0 saturated carbocycles. The van der Waals surface area contributed by atoms with E-state index in [1.807, 2.05) is 30.5 Å². The van der Waals surface area contributed by atoms with Crippen LogP contribution in [0.5, 0.6) is 5.75 Å². The van der Waals surface area contributed by atoms with Gasteiger partial charge in [0, 0.05) is 23.3 Å². The second kappa shape index (κ2) is 6.18. The zero-order chi connectivity index (χ0) is 16.4. The van der Waals surface area contributed by atoms with Crippen molar-refractivity contribution in [2.75, 3.05) is 5.32 Å². The molecule has 0 atom stereocenters. The number of phenols is 1. The normalized spacial score (nSPS) is 10.5. The number of carbonyl (C=O) groups is 1. The van der Waals surface area contributed by atoms with E-state index in [4.69, 9.17) is 0 Å². The Morgan fingerprint density at radius 1 is 1.26 bits per heavy atom. The Morgan fingerprint density at radius 2 is 2.09 bits per heavy atom. The van der Waals surface area contributed by atoms with Crippen LogP contribution in [0.2, 0.25) is 0 Å². The molecule has 0 aliphatic rings. The number of pyridine rings is 1. The van der Waals surface area contributed by atoms with E-state index in [-0.39, 0.29) is 17.2 Å². The Kier molecular flexibility index (Phi) is 4.08. The van der Waals surface area contributed by atoms with Crippen molar-refractivity contribution in [3.8, 4) is 17.0 Å². The summed E-state index contributed by atoms with van der Waals surface area (Å²) < 4.78 is 0. The van der Waals surface area contributed by atoms with Crippen LogP contribution in [0.25, 0.3) is 11.3 Å². The van der Waals surface area contributed by atoms with Crippen molar-refractivity contribution in [3.05, 3.63) is 58.7 Å². The minimum atomic E-state index is -0.377. The first-order valence-corrected chi connectivity index (χ1v) is 7.90. The number of carbonyl (C=O) groups excluding carboxylic acids is 1. The number of benzene rings is 1. The van der Waals surface area contributed by atoms with Gasteiger partial charge in [-0.2, -0.15) is 0 Å². The maximum atomic E-state index is 12.3. The predicted octanol–water partition coefficient (Wildman–Crippen LogP) is 3.78. The third-order valence-electron chi connectivity index (χ3n) is 3.63. The van der Waals surface area contributed by atoms with Gasteiger partial charge in [0.05, 0.1) is 11.3 Å². The average molecular weight is 325 g/mol. The number of nitrogens with zero attached hydrogens (tertiary/aromatic N) is 2. The number of amides is 1. The molecule has 6 heteroatoms. The van der Waals surface area contributed by atoms with Gasteiger partial charge in [-0.1, -0.05) is 6.07 Å². The monoisotopic (exact) mass is 325 g/mol. The zero-order valence-electron chi connectivity index (χ0n) is 12.7. The summed E-state index contributed by atoms with van der Waals surface area (Å²) in [5.41, 5.74) is 3.52. The van der Waals surface area contributed by atoms with Gasteiger partial charge < -0.3 is 5.11 Å². The number of rotatable bonds is 3. The van der Waals surface area contributed by atoms with Crippen LogP contribution in [0.4, 0.5) is 5.13 Å². The van der Waals surface area contributed by atoms with E-state index in [0.717, 1.165) is 16.8 Å². The van der Waals surface area contributed by atoms with Crippen LogP contribution >= 0.6 is 11.3 Å². The minimum Gasteiger partial charge on any atom is -0.507 e. The Bertz CT molecular complexity index is 860. The Balaban J connectivity index is 1.82. The summed E-state index contributed by atoms with van der Waals surface area (Å²) in [7, 11) is 0. The van der Waals surface area contributed by atoms with Crippen LogP contribution in [0, 0.1) is 13.8 Å². The molecular formula is C17H15N3O2S. The topological polar surface area (TPSA) is 75.1 Å². The highest BCUT2D eigenvalue weighted by molar-refractivity contribution is 7.14. The molecule has 116 valence electrons. The van der Waals surface area contributed by atoms with Gasteiger partial charge >= 0.3 is 0 Å². The Labute approximate surface area is 137 Å². The minimum absolute atomic E-state index is 0.00605. The standard InChI is InChI=1S/C17H15N3O2S/c1-10-5-6-13(15(21)11(10)2)16(22)20-17-19-14(9-23-17)12-4-3-7-18-8-12/h3-9,21H,1-2H3,(H,19,20,22). The van der Waals surface area contributed by atoms with Gasteiger partial charge in [0.1, 0.15) is 5.75 Å². The average Bonchev–Trinajstić information content (AvgIpc) is 3.02. The molecule has 3 rings (SSSR count). The number of hydrogen-bond acceptors (Lipinski definition) is 5. The van der Waals surface area contributed by atoms with Crippen molar-refractivity contribution >= 4 is 22.4 Å². The highest BCUT2D eigenvalue weighted by Gasteiger charge is 2.16. The molecule has 0 radical (unpaired) electrons. The number of phenolic OH excluding ortho intramolecular Hbond substituents is 1. The Morgan fingerprint density at radius 3 is 2.83 bits per heavy atom. The van der Waals surface area contributed by atoms with Crippen LogP contribution in [0.3, 0.4) is 0 Å². The summed E-state index contributed by atoms with van der Waals surface area (Å²) in [5.74, 6) is -0.371. The van der Waals surface area contributed by atoms with Gasteiger partial charge in [-0.25, -0.2) is 4.98 Å². The number of anilines is 1. The quantitative estimate of drug-likeness (QED) is 0.768. The molecule has 2 heterocycles. The summed E-state index contributed by atoms with van der Waals surface area (Å²) in [4.78, 5) is 20.8. The van der Waals surface area contributed by atoms with E-state index in [9.17, 15) is 9.90 Å². The van der Waals surface area contributed by atoms with Crippen LogP contribution in [0.15, 0.2) is 42.0 Å². The molecule has 0 aliphatic heterocycles. The molecule has 0 fully saturated rings. The van der Waals surface area contributed by atoms with E-state index in [1.165, 1.54) is 11.3 Å². The van der Waals surface area contributed by atoms with Gasteiger partial charge in [-0.05, 0) is 43.2 Å². The molecule has 0 saturated heterocycles. The van der Waals surface area contributed by atoms with Gasteiger partial charge in [-0.15, -0.1) is 11.3 Å². The number of hydrogen-bond donors (Lipinski definition) is 2.